The Morgan fingerprint density at radius 2 is 2.16 bits per heavy atom. The van der Waals surface area contributed by atoms with Crippen LogP contribution in [0.15, 0.2) is 41.5 Å². The molecule has 7 heteroatoms. The molecular formula is C18H22N4O3. The van der Waals surface area contributed by atoms with Crippen molar-refractivity contribution in [3.05, 3.63) is 53.3 Å². The van der Waals surface area contributed by atoms with E-state index in [4.69, 9.17) is 14.9 Å². The SMILES string of the molecule is COc1ccc(C(=N)N=C(c2ccc[nH]2)N2CCOCC2)cc1CO. The Hall–Kier alpha value is -2.64. The van der Waals surface area contributed by atoms with Crippen LogP contribution in [0.1, 0.15) is 16.8 Å². The lowest BCUT2D eigenvalue weighted by atomic mass is 10.1. The largest absolute Gasteiger partial charge is 0.496 e. The van der Waals surface area contributed by atoms with Crippen LogP contribution >= 0.6 is 0 Å². The van der Waals surface area contributed by atoms with E-state index in [-0.39, 0.29) is 12.4 Å². The Balaban J connectivity index is 1.92. The van der Waals surface area contributed by atoms with Crippen molar-refractivity contribution < 1.29 is 14.6 Å². The molecule has 0 amide bonds. The number of benzene rings is 1. The molecule has 0 bridgehead atoms. The Labute approximate surface area is 146 Å². The lowest BCUT2D eigenvalue weighted by Crippen LogP contribution is -2.41. The molecule has 0 radical (unpaired) electrons. The summed E-state index contributed by atoms with van der Waals surface area (Å²) in [6.07, 6.45) is 1.84. The first-order valence-corrected chi connectivity index (χ1v) is 8.14. The number of aliphatic imine (C=N–C) groups is 1. The van der Waals surface area contributed by atoms with Crippen molar-refractivity contribution in [2.24, 2.45) is 4.99 Å². The first kappa shape index (κ1) is 17.2. The third-order valence-corrected chi connectivity index (χ3v) is 4.09. The second kappa shape index (κ2) is 7.96. The second-order valence-electron chi connectivity index (χ2n) is 5.65. The predicted molar refractivity (Wildman–Crippen MR) is 95.5 cm³/mol. The standard InChI is InChI=1S/C18H22N4O3/c1-24-16-5-4-13(11-14(16)12-23)17(19)21-18(15-3-2-6-20-15)22-7-9-25-10-8-22/h2-6,11,19-20,23H,7-10,12H2,1H3. The number of H-pyrrole nitrogens is 1. The number of aliphatic hydroxyl groups excluding tert-OH is 1. The fourth-order valence-corrected chi connectivity index (χ4v) is 2.77. The maximum absolute atomic E-state index is 9.48. The topological polar surface area (TPSA) is 93.9 Å². The van der Waals surface area contributed by atoms with Crippen LogP contribution in [0, 0.1) is 5.41 Å². The van der Waals surface area contributed by atoms with Gasteiger partial charge in [0.1, 0.15) is 5.75 Å². The van der Waals surface area contributed by atoms with Gasteiger partial charge < -0.3 is 24.5 Å². The molecule has 1 aliphatic rings. The van der Waals surface area contributed by atoms with E-state index >= 15 is 0 Å². The van der Waals surface area contributed by atoms with E-state index in [1.165, 1.54) is 0 Å². The van der Waals surface area contributed by atoms with E-state index in [1.54, 1.807) is 25.3 Å². The summed E-state index contributed by atoms with van der Waals surface area (Å²) in [4.78, 5) is 9.83. The summed E-state index contributed by atoms with van der Waals surface area (Å²) < 4.78 is 10.6. The molecule has 0 unspecified atom stereocenters. The summed E-state index contributed by atoms with van der Waals surface area (Å²) in [7, 11) is 1.55. The summed E-state index contributed by atoms with van der Waals surface area (Å²) in [6.45, 7) is 2.60. The van der Waals surface area contributed by atoms with Crippen LogP contribution in [-0.2, 0) is 11.3 Å². The van der Waals surface area contributed by atoms with Gasteiger partial charge in [0, 0.05) is 30.4 Å². The summed E-state index contributed by atoms with van der Waals surface area (Å²) in [5, 5.41) is 17.9. The highest BCUT2D eigenvalue weighted by molar-refractivity contribution is 6.09. The van der Waals surface area contributed by atoms with E-state index in [2.05, 4.69) is 14.9 Å². The number of aromatic nitrogens is 1. The zero-order valence-electron chi connectivity index (χ0n) is 14.2. The monoisotopic (exact) mass is 342 g/mol. The third-order valence-electron chi connectivity index (χ3n) is 4.09. The van der Waals surface area contributed by atoms with Crippen molar-refractivity contribution in [3.63, 3.8) is 0 Å². The fraction of sp³-hybridized carbons (Fsp3) is 0.333. The molecule has 0 atom stereocenters. The maximum atomic E-state index is 9.48. The summed E-state index contributed by atoms with van der Waals surface area (Å²) >= 11 is 0. The van der Waals surface area contributed by atoms with Crippen LogP contribution in [0.4, 0.5) is 0 Å². The van der Waals surface area contributed by atoms with Gasteiger partial charge in [-0.1, -0.05) is 0 Å². The molecule has 3 N–H and O–H groups in total. The summed E-state index contributed by atoms with van der Waals surface area (Å²) in [5.74, 6) is 1.45. The van der Waals surface area contributed by atoms with Gasteiger partial charge in [0.25, 0.3) is 0 Å². The second-order valence-corrected chi connectivity index (χ2v) is 5.65. The Bertz CT molecular complexity index is 750. The molecule has 25 heavy (non-hydrogen) atoms. The van der Waals surface area contributed by atoms with Crippen LogP contribution in [-0.4, -0.2) is 60.1 Å². The predicted octanol–water partition coefficient (Wildman–Crippen LogP) is 1.62. The number of nitrogens with zero attached hydrogens (tertiary/aromatic N) is 2. The zero-order chi connectivity index (χ0) is 17.6. The number of nitrogens with one attached hydrogen (secondary N) is 2. The highest BCUT2D eigenvalue weighted by Gasteiger charge is 2.19. The van der Waals surface area contributed by atoms with E-state index in [0.717, 1.165) is 24.6 Å². The van der Waals surface area contributed by atoms with Crippen LogP contribution < -0.4 is 4.74 Å². The van der Waals surface area contributed by atoms with Crippen molar-refractivity contribution >= 4 is 11.7 Å². The Kier molecular flexibility index (Phi) is 5.47. The highest BCUT2D eigenvalue weighted by Crippen LogP contribution is 2.20. The van der Waals surface area contributed by atoms with E-state index in [1.807, 2.05) is 18.3 Å². The van der Waals surface area contributed by atoms with Gasteiger partial charge in [-0.15, -0.1) is 0 Å². The van der Waals surface area contributed by atoms with Crippen LogP contribution in [0.2, 0.25) is 0 Å². The minimum Gasteiger partial charge on any atom is -0.496 e. The van der Waals surface area contributed by atoms with E-state index in [0.29, 0.717) is 30.1 Å². The van der Waals surface area contributed by atoms with Gasteiger partial charge in [0.05, 0.1) is 32.6 Å². The number of ether oxygens (including phenoxy) is 2. The number of morpholine rings is 1. The molecule has 1 aromatic carbocycles. The average Bonchev–Trinajstić information content (AvgIpc) is 3.20. The van der Waals surface area contributed by atoms with Crippen LogP contribution in [0.25, 0.3) is 0 Å². The molecule has 7 nitrogen and oxygen atoms in total. The molecule has 1 aliphatic heterocycles. The number of hydrogen-bond acceptors (Lipinski definition) is 4. The van der Waals surface area contributed by atoms with Gasteiger partial charge in [-0.2, -0.15) is 0 Å². The van der Waals surface area contributed by atoms with Gasteiger partial charge in [-0.05, 0) is 30.3 Å². The van der Waals surface area contributed by atoms with Gasteiger partial charge in [0.15, 0.2) is 11.7 Å². The minimum absolute atomic E-state index is 0.133. The van der Waals surface area contributed by atoms with Crippen molar-refractivity contribution in [2.45, 2.75) is 6.61 Å². The normalized spacial score (nSPS) is 15.3. The van der Waals surface area contributed by atoms with Gasteiger partial charge in [0.2, 0.25) is 0 Å². The number of rotatable bonds is 4. The number of hydrogen-bond donors (Lipinski definition) is 3. The quantitative estimate of drug-likeness (QED) is 0.581. The molecule has 1 aromatic heterocycles. The smallest absolute Gasteiger partial charge is 0.155 e. The number of aliphatic hydroxyl groups is 1. The number of methoxy groups -OCH3 is 1. The molecule has 0 aliphatic carbocycles. The van der Waals surface area contributed by atoms with Crippen molar-refractivity contribution in [3.8, 4) is 5.75 Å². The number of aromatic amines is 1. The zero-order valence-corrected chi connectivity index (χ0v) is 14.2. The molecule has 2 heterocycles. The van der Waals surface area contributed by atoms with Gasteiger partial charge in [-0.3, -0.25) is 5.41 Å². The number of amidine groups is 2. The fourth-order valence-electron chi connectivity index (χ4n) is 2.77. The lowest BCUT2D eigenvalue weighted by Gasteiger charge is -2.29. The Morgan fingerprint density at radius 3 is 2.80 bits per heavy atom. The summed E-state index contributed by atoms with van der Waals surface area (Å²) in [6, 6.07) is 9.10. The molecule has 1 saturated heterocycles. The first-order chi connectivity index (χ1) is 12.2. The van der Waals surface area contributed by atoms with Gasteiger partial charge >= 0.3 is 0 Å². The molecule has 132 valence electrons. The van der Waals surface area contributed by atoms with Crippen LogP contribution in [0.5, 0.6) is 5.75 Å². The molecular weight excluding hydrogens is 320 g/mol. The highest BCUT2D eigenvalue weighted by atomic mass is 16.5. The average molecular weight is 342 g/mol. The maximum Gasteiger partial charge on any atom is 0.155 e. The van der Waals surface area contributed by atoms with E-state index in [9.17, 15) is 5.11 Å². The van der Waals surface area contributed by atoms with E-state index < -0.39 is 0 Å². The first-order valence-electron chi connectivity index (χ1n) is 8.14. The molecule has 0 spiro atoms. The summed E-state index contributed by atoms with van der Waals surface area (Å²) in [5.41, 5.74) is 2.12. The van der Waals surface area contributed by atoms with Gasteiger partial charge in [-0.25, -0.2) is 4.99 Å². The third kappa shape index (κ3) is 3.89. The minimum atomic E-state index is -0.152. The van der Waals surface area contributed by atoms with Crippen molar-refractivity contribution in [1.29, 1.82) is 5.41 Å². The molecule has 1 fully saturated rings. The molecule has 2 aromatic rings. The van der Waals surface area contributed by atoms with Crippen LogP contribution in [0.3, 0.4) is 0 Å². The molecule has 0 saturated carbocycles. The lowest BCUT2D eigenvalue weighted by molar-refractivity contribution is 0.0682. The Morgan fingerprint density at radius 1 is 1.36 bits per heavy atom. The van der Waals surface area contributed by atoms with Crippen molar-refractivity contribution in [1.82, 2.24) is 9.88 Å². The van der Waals surface area contributed by atoms with Crippen molar-refractivity contribution in [2.75, 3.05) is 33.4 Å². The molecule has 3 rings (SSSR count).